The van der Waals surface area contributed by atoms with Crippen LogP contribution in [0.4, 0.5) is 0 Å². The first-order valence-electron chi connectivity index (χ1n) is 5.68. The highest BCUT2D eigenvalue weighted by molar-refractivity contribution is 4.88. The van der Waals surface area contributed by atoms with Crippen LogP contribution in [0, 0.1) is 5.92 Å². The van der Waals surface area contributed by atoms with E-state index >= 15 is 0 Å². The van der Waals surface area contributed by atoms with Crippen LogP contribution in [0.3, 0.4) is 0 Å². The van der Waals surface area contributed by atoms with E-state index in [2.05, 4.69) is 57.2 Å². The molecular formula is C14H24. The van der Waals surface area contributed by atoms with Gasteiger partial charge < -0.3 is 0 Å². The van der Waals surface area contributed by atoms with Crippen LogP contribution >= 0.6 is 0 Å². The molecule has 0 nitrogen and oxygen atoms in total. The average molecular weight is 192 g/mol. The van der Waals surface area contributed by atoms with Gasteiger partial charge in [-0.25, -0.2) is 0 Å². The minimum absolute atomic E-state index is 0.818. The smallest absolute Gasteiger partial charge is 0.0319 e. The molecule has 0 aliphatic carbocycles. The average Bonchev–Trinajstić information content (AvgIpc) is 2.21. The second-order valence-electron chi connectivity index (χ2n) is 3.62. The Morgan fingerprint density at radius 1 is 0.786 bits per heavy atom. The van der Waals surface area contributed by atoms with Gasteiger partial charge in [-0.2, -0.15) is 0 Å². The summed E-state index contributed by atoms with van der Waals surface area (Å²) in [5, 5.41) is 0. The molecule has 0 aliphatic heterocycles. The lowest BCUT2D eigenvalue weighted by Crippen LogP contribution is -1.96. The molecule has 0 rings (SSSR count). The number of rotatable bonds is 7. The Balaban J connectivity index is 3.83. The van der Waals surface area contributed by atoms with Gasteiger partial charge in [0.2, 0.25) is 0 Å². The topological polar surface area (TPSA) is 0 Å². The molecule has 0 bridgehead atoms. The fraction of sp³-hybridized carbons (Fsp3) is 0.571. The van der Waals surface area contributed by atoms with Crippen molar-refractivity contribution in [2.45, 2.75) is 46.5 Å². The predicted octanol–water partition coefficient (Wildman–Crippen LogP) is 4.89. The van der Waals surface area contributed by atoms with Crippen molar-refractivity contribution in [1.82, 2.24) is 0 Å². The second-order valence-corrected chi connectivity index (χ2v) is 3.62. The van der Waals surface area contributed by atoms with Crippen molar-refractivity contribution in [3.8, 4) is 0 Å². The molecule has 0 saturated carbocycles. The Hall–Kier alpha value is -0.780. The molecule has 0 fully saturated rings. The molecule has 0 saturated heterocycles. The first-order valence-corrected chi connectivity index (χ1v) is 5.68. The Morgan fingerprint density at radius 2 is 1.29 bits per heavy atom. The van der Waals surface area contributed by atoms with Gasteiger partial charge in [-0.15, -0.1) is 0 Å². The van der Waals surface area contributed by atoms with Crippen LogP contribution in [-0.4, -0.2) is 0 Å². The lowest BCUT2D eigenvalue weighted by Gasteiger charge is -2.10. The second kappa shape index (κ2) is 10.3. The number of allylic oxidation sites excluding steroid dienone is 6. The van der Waals surface area contributed by atoms with Crippen LogP contribution in [-0.2, 0) is 0 Å². The van der Waals surface area contributed by atoms with Gasteiger partial charge in [0, 0.05) is 0 Å². The summed E-state index contributed by atoms with van der Waals surface area (Å²) < 4.78 is 0. The zero-order valence-electron chi connectivity index (χ0n) is 9.87. The lowest BCUT2D eigenvalue weighted by atomic mass is 9.95. The van der Waals surface area contributed by atoms with Crippen LogP contribution in [0.25, 0.3) is 0 Å². The molecule has 0 heterocycles. The van der Waals surface area contributed by atoms with Crippen LogP contribution in [0.1, 0.15) is 46.5 Å². The first-order chi connectivity index (χ1) is 6.85. The van der Waals surface area contributed by atoms with Gasteiger partial charge in [0.1, 0.15) is 0 Å². The minimum atomic E-state index is 0.818. The van der Waals surface area contributed by atoms with Crippen LogP contribution < -0.4 is 0 Å². The van der Waals surface area contributed by atoms with Gasteiger partial charge in [-0.05, 0) is 52.4 Å². The van der Waals surface area contributed by atoms with Gasteiger partial charge >= 0.3 is 0 Å². The van der Waals surface area contributed by atoms with E-state index < -0.39 is 0 Å². The van der Waals surface area contributed by atoms with Crippen molar-refractivity contribution in [3.63, 3.8) is 0 Å². The lowest BCUT2D eigenvalue weighted by molar-refractivity contribution is 0.502. The van der Waals surface area contributed by atoms with Crippen LogP contribution in [0.5, 0.6) is 0 Å². The molecule has 0 unspecified atom stereocenters. The Kier molecular flexibility index (Phi) is 9.73. The van der Waals surface area contributed by atoms with Crippen molar-refractivity contribution in [3.05, 3.63) is 36.5 Å². The zero-order chi connectivity index (χ0) is 10.6. The summed E-state index contributed by atoms with van der Waals surface area (Å²) >= 11 is 0. The molecule has 80 valence electrons. The Morgan fingerprint density at radius 3 is 1.71 bits per heavy atom. The third kappa shape index (κ3) is 7.85. The molecule has 0 heteroatoms. The van der Waals surface area contributed by atoms with Gasteiger partial charge in [-0.3, -0.25) is 0 Å². The van der Waals surface area contributed by atoms with Crippen molar-refractivity contribution in [2.24, 2.45) is 5.92 Å². The minimum Gasteiger partial charge on any atom is -0.0917 e. The SMILES string of the molecule is CC=CCCC(CC=CC)CC=CC. The Bertz CT molecular complexity index is 170. The molecule has 14 heavy (non-hydrogen) atoms. The van der Waals surface area contributed by atoms with Crippen molar-refractivity contribution < 1.29 is 0 Å². The van der Waals surface area contributed by atoms with Gasteiger partial charge in [0.15, 0.2) is 0 Å². The van der Waals surface area contributed by atoms with E-state index in [1.165, 1.54) is 25.7 Å². The third-order valence-corrected chi connectivity index (χ3v) is 2.39. The molecule has 0 spiro atoms. The maximum Gasteiger partial charge on any atom is -0.0319 e. The number of hydrogen-bond donors (Lipinski definition) is 0. The van der Waals surface area contributed by atoms with E-state index in [1.54, 1.807) is 0 Å². The normalized spacial score (nSPS) is 14.8. The molecular weight excluding hydrogens is 168 g/mol. The summed E-state index contributed by atoms with van der Waals surface area (Å²) in [6, 6.07) is 0. The summed E-state index contributed by atoms with van der Waals surface area (Å²) in [5.74, 6) is 0.818. The van der Waals surface area contributed by atoms with Crippen molar-refractivity contribution in [1.29, 1.82) is 0 Å². The summed E-state index contributed by atoms with van der Waals surface area (Å²) in [7, 11) is 0. The van der Waals surface area contributed by atoms with Crippen LogP contribution in [0.2, 0.25) is 0 Å². The summed E-state index contributed by atoms with van der Waals surface area (Å²) in [4.78, 5) is 0. The largest absolute Gasteiger partial charge is 0.0917 e. The Labute approximate surface area is 89.4 Å². The highest BCUT2D eigenvalue weighted by Gasteiger charge is 2.02. The summed E-state index contributed by atoms with van der Waals surface area (Å²) in [6.07, 6.45) is 18.2. The summed E-state index contributed by atoms with van der Waals surface area (Å²) in [6.45, 7) is 6.28. The molecule has 0 N–H and O–H groups in total. The highest BCUT2D eigenvalue weighted by atomic mass is 14.1. The van der Waals surface area contributed by atoms with Crippen molar-refractivity contribution >= 4 is 0 Å². The first kappa shape index (κ1) is 13.2. The van der Waals surface area contributed by atoms with Gasteiger partial charge in [-0.1, -0.05) is 36.5 Å². The molecule has 0 aliphatic rings. The van der Waals surface area contributed by atoms with Crippen molar-refractivity contribution in [2.75, 3.05) is 0 Å². The van der Waals surface area contributed by atoms with Gasteiger partial charge in [0.25, 0.3) is 0 Å². The molecule has 0 amide bonds. The van der Waals surface area contributed by atoms with E-state index in [1.807, 2.05) is 0 Å². The van der Waals surface area contributed by atoms with E-state index in [9.17, 15) is 0 Å². The molecule has 0 radical (unpaired) electrons. The summed E-state index contributed by atoms with van der Waals surface area (Å²) in [5.41, 5.74) is 0. The molecule has 0 aromatic rings. The molecule has 0 atom stereocenters. The maximum absolute atomic E-state index is 2.28. The fourth-order valence-electron chi connectivity index (χ4n) is 1.49. The highest BCUT2D eigenvalue weighted by Crippen LogP contribution is 2.17. The quantitative estimate of drug-likeness (QED) is 0.504. The number of hydrogen-bond acceptors (Lipinski definition) is 0. The maximum atomic E-state index is 2.28. The van der Waals surface area contributed by atoms with Gasteiger partial charge in [0.05, 0.1) is 0 Å². The molecule has 0 aromatic heterocycles. The van der Waals surface area contributed by atoms with E-state index in [4.69, 9.17) is 0 Å². The standard InChI is InChI=1S/C14H24/c1-4-7-10-13-14(11-8-5-2)12-9-6-3/h4-9,14H,10-13H2,1-3H3. The zero-order valence-corrected chi connectivity index (χ0v) is 9.87. The third-order valence-electron chi connectivity index (χ3n) is 2.39. The van der Waals surface area contributed by atoms with E-state index in [0.29, 0.717) is 0 Å². The monoisotopic (exact) mass is 192 g/mol. The van der Waals surface area contributed by atoms with E-state index in [-0.39, 0.29) is 0 Å². The fourth-order valence-corrected chi connectivity index (χ4v) is 1.49. The van der Waals surface area contributed by atoms with Crippen LogP contribution in [0.15, 0.2) is 36.5 Å². The predicted molar refractivity (Wildman–Crippen MR) is 66.4 cm³/mol. The van der Waals surface area contributed by atoms with E-state index in [0.717, 1.165) is 5.92 Å². The molecule has 0 aromatic carbocycles.